The Bertz CT molecular complexity index is 332. The Morgan fingerprint density at radius 1 is 1.07 bits per heavy atom. The number of rotatable bonds is 0. The van der Waals surface area contributed by atoms with Crippen LogP contribution in [0.3, 0.4) is 0 Å². The largest absolute Gasteiger partial charge is 0.436 e. The number of aromatic nitrogens is 1. The predicted molar refractivity (Wildman–Crippen MR) is 45.2 cm³/mol. The zero-order chi connectivity index (χ0) is 12.2. The van der Waals surface area contributed by atoms with E-state index in [4.69, 9.17) is 0 Å². The van der Waals surface area contributed by atoms with Crippen LogP contribution >= 0.6 is 0 Å². The number of hydrogen-bond acceptors (Lipinski definition) is 1. The predicted octanol–water partition coefficient (Wildman–Crippen LogP) is 3.71. The first-order valence-electron chi connectivity index (χ1n) is 4.22. The maximum atomic E-state index is 12.5. The van der Waals surface area contributed by atoms with E-state index in [0.29, 0.717) is 0 Å². The van der Waals surface area contributed by atoms with Gasteiger partial charge in [0, 0.05) is 6.07 Å². The van der Waals surface area contributed by atoms with Crippen molar-refractivity contribution in [3.8, 4) is 0 Å². The van der Waals surface area contributed by atoms with E-state index in [0.717, 1.165) is 6.92 Å². The molecule has 0 bridgehead atoms. The molecule has 0 aromatic carbocycles. The molecule has 0 N–H and O–H groups in total. The van der Waals surface area contributed by atoms with Crippen molar-refractivity contribution >= 4 is 0 Å². The van der Waals surface area contributed by atoms with Crippen LogP contribution in [-0.2, 0) is 6.18 Å². The SMILES string of the molecule is CC.Cc1nc(C(F)(F)F)c(F)cc1F. The van der Waals surface area contributed by atoms with E-state index in [1.54, 1.807) is 0 Å². The van der Waals surface area contributed by atoms with Crippen LogP contribution < -0.4 is 0 Å². The van der Waals surface area contributed by atoms with Crippen LogP contribution in [0.5, 0.6) is 0 Å². The molecule has 0 atom stereocenters. The lowest BCUT2D eigenvalue weighted by Gasteiger charge is -2.07. The van der Waals surface area contributed by atoms with Gasteiger partial charge in [-0.05, 0) is 6.92 Å². The molecular formula is C9H10F5N. The summed E-state index contributed by atoms with van der Waals surface area (Å²) < 4.78 is 60.8. The van der Waals surface area contributed by atoms with E-state index in [2.05, 4.69) is 4.98 Å². The van der Waals surface area contributed by atoms with Gasteiger partial charge in [-0.1, -0.05) is 13.8 Å². The third-order valence-corrected chi connectivity index (χ3v) is 1.37. The van der Waals surface area contributed by atoms with Crippen LogP contribution in [0.2, 0.25) is 0 Å². The molecule has 1 aromatic rings. The van der Waals surface area contributed by atoms with Crippen molar-refractivity contribution in [2.24, 2.45) is 0 Å². The molecule has 1 nitrogen and oxygen atoms in total. The molecule has 0 aliphatic rings. The Morgan fingerprint density at radius 2 is 1.53 bits per heavy atom. The fraction of sp³-hybridized carbons (Fsp3) is 0.444. The van der Waals surface area contributed by atoms with Crippen molar-refractivity contribution in [1.82, 2.24) is 4.98 Å². The Hall–Kier alpha value is -1.20. The highest BCUT2D eigenvalue weighted by molar-refractivity contribution is 5.16. The first-order chi connectivity index (χ1) is 6.82. The normalized spacial score (nSPS) is 10.7. The molecule has 0 saturated heterocycles. The third-order valence-electron chi connectivity index (χ3n) is 1.37. The van der Waals surface area contributed by atoms with Gasteiger partial charge in [-0.2, -0.15) is 13.2 Å². The molecule has 6 heteroatoms. The van der Waals surface area contributed by atoms with Crippen molar-refractivity contribution in [2.75, 3.05) is 0 Å². The van der Waals surface area contributed by atoms with Crippen molar-refractivity contribution < 1.29 is 22.0 Å². The monoisotopic (exact) mass is 227 g/mol. The summed E-state index contributed by atoms with van der Waals surface area (Å²) in [6.07, 6.45) is -4.89. The third kappa shape index (κ3) is 3.45. The van der Waals surface area contributed by atoms with E-state index < -0.39 is 29.2 Å². The summed E-state index contributed by atoms with van der Waals surface area (Å²) in [5, 5.41) is 0. The Morgan fingerprint density at radius 3 is 1.93 bits per heavy atom. The lowest BCUT2D eigenvalue weighted by Crippen LogP contribution is -2.12. The molecule has 15 heavy (non-hydrogen) atoms. The topological polar surface area (TPSA) is 12.9 Å². The van der Waals surface area contributed by atoms with Crippen LogP contribution in [0.4, 0.5) is 22.0 Å². The zero-order valence-electron chi connectivity index (χ0n) is 8.41. The van der Waals surface area contributed by atoms with E-state index in [-0.39, 0.29) is 6.07 Å². The average Bonchev–Trinajstić information content (AvgIpc) is 2.13. The Labute approximate surface area is 83.9 Å². The lowest BCUT2D eigenvalue weighted by atomic mass is 10.3. The van der Waals surface area contributed by atoms with Gasteiger partial charge in [0.15, 0.2) is 11.5 Å². The maximum absolute atomic E-state index is 12.5. The fourth-order valence-electron chi connectivity index (χ4n) is 0.757. The summed E-state index contributed by atoms with van der Waals surface area (Å²) >= 11 is 0. The molecular weight excluding hydrogens is 217 g/mol. The summed E-state index contributed by atoms with van der Waals surface area (Å²) in [4.78, 5) is 2.77. The molecule has 0 fully saturated rings. The summed E-state index contributed by atoms with van der Waals surface area (Å²) in [6.45, 7) is 5.03. The molecule has 1 aromatic heterocycles. The second kappa shape index (κ2) is 5.04. The van der Waals surface area contributed by atoms with Crippen LogP contribution in [-0.4, -0.2) is 4.98 Å². The molecule has 0 radical (unpaired) electrons. The average molecular weight is 227 g/mol. The highest BCUT2D eigenvalue weighted by atomic mass is 19.4. The molecule has 1 heterocycles. The van der Waals surface area contributed by atoms with Crippen LogP contribution in [0, 0.1) is 18.6 Å². The lowest BCUT2D eigenvalue weighted by molar-refractivity contribution is -0.143. The van der Waals surface area contributed by atoms with Gasteiger partial charge in [0.1, 0.15) is 5.82 Å². The summed E-state index contributed by atoms with van der Waals surface area (Å²) in [5.74, 6) is -2.79. The fourth-order valence-corrected chi connectivity index (χ4v) is 0.757. The van der Waals surface area contributed by atoms with E-state index in [1.807, 2.05) is 13.8 Å². The number of nitrogens with zero attached hydrogens (tertiary/aromatic N) is 1. The second-order valence-corrected chi connectivity index (χ2v) is 2.38. The summed E-state index contributed by atoms with van der Waals surface area (Å²) in [6, 6.07) is 0.172. The van der Waals surface area contributed by atoms with E-state index >= 15 is 0 Å². The zero-order valence-corrected chi connectivity index (χ0v) is 8.41. The molecule has 0 aliphatic heterocycles. The van der Waals surface area contributed by atoms with Crippen molar-refractivity contribution in [3.05, 3.63) is 29.1 Å². The van der Waals surface area contributed by atoms with Crippen molar-refractivity contribution in [3.63, 3.8) is 0 Å². The minimum atomic E-state index is -4.89. The molecule has 1 rings (SSSR count). The highest BCUT2D eigenvalue weighted by Gasteiger charge is 2.36. The number of hydrogen-bond donors (Lipinski definition) is 0. The van der Waals surface area contributed by atoms with E-state index in [1.165, 1.54) is 0 Å². The number of pyridine rings is 1. The Kier molecular flexibility index (Phi) is 4.64. The van der Waals surface area contributed by atoms with Gasteiger partial charge in [0.2, 0.25) is 0 Å². The maximum Gasteiger partial charge on any atom is 0.436 e. The molecule has 0 amide bonds. The molecule has 0 saturated carbocycles. The van der Waals surface area contributed by atoms with E-state index in [9.17, 15) is 22.0 Å². The summed E-state index contributed by atoms with van der Waals surface area (Å²) in [7, 11) is 0. The van der Waals surface area contributed by atoms with Gasteiger partial charge >= 0.3 is 6.18 Å². The first kappa shape index (κ1) is 13.8. The molecule has 86 valence electrons. The van der Waals surface area contributed by atoms with Gasteiger partial charge < -0.3 is 0 Å². The van der Waals surface area contributed by atoms with Crippen LogP contribution in [0.1, 0.15) is 25.2 Å². The highest BCUT2D eigenvalue weighted by Crippen LogP contribution is 2.30. The quantitative estimate of drug-likeness (QED) is 0.615. The van der Waals surface area contributed by atoms with Gasteiger partial charge in [0.05, 0.1) is 5.69 Å². The van der Waals surface area contributed by atoms with Gasteiger partial charge in [-0.15, -0.1) is 0 Å². The standard InChI is InChI=1S/C7H4F5N.C2H6/c1-3-4(8)2-5(9)6(13-3)7(10,11)12;1-2/h2H,1H3;1-2H3. The number of alkyl halides is 3. The second-order valence-electron chi connectivity index (χ2n) is 2.38. The molecule has 0 spiro atoms. The van der Waals surface area contributed by atoms with Gasteiger partial charge in [0.25, 0.3) is 0 Å². The number of halogens is 5. The molecule has 0 unspecified atom stereocenters. The summed E-state index contributed by atoms with van der Waals surface area (Å²) in [5.41, 5.74) is -2.17. The van der Waals surface area contributed by atoms with Crippen molar-refractivity contribution in [2.45, 2.75) is 26.9 Å². The Balaban J connectivity index is 0.000000921. The van der Waals surface area contributed by atoms with Crippen LogP contribution in [0.15, 0.2) is 6.07 Å². The van der Waals surface area contributed by atoms with Crippen LogP contribution in [0.25, 0.3) is 0 Å². The smallest absolute Gasteiger partial charge is 0.243 e. The minimum absolute atomic E-state index is 0.172. The number of aryl methyl sites for hydroxylation is 1. The molecule has 0 aliphatic carbocycles. The first-order valence-corrected chi connectivity index (χ1v) is 4.22. The minimum Gasteiger partial charge on any atom is -0.243 e. The van der Waals surface area contributed by atoms with Crippen molar-refractivity contribution in [1.29, 1.82) is 0 Å². The van der Waals surface area contributed by atoms with Gasteiger partial charge in [-0.3, -0.25) is 0 Å². The van der Waals surface area contributed by atoms with Gasteiger partial charge in [-0.25, -0.2) is 13.8 Å².